The van der Waals surface area contributed by atoms with Gasteiger partial charge in [-0.05, 0) is 6.42 Å². The number of carbonyl (C=O) groups excluding carboxylic acids is 2. The Labute approximate surface area is 142 Å². The first-order chi connectivity index (χ1) is 11.9. The number of H-pyrrole nitrogens is 1. The Bertz CT molecular complexity index is 859. The Morgan fingerprint density at radius 2 is 1.96 bits per heavy atom. The van der Waals surface area contributed by atoms with E-state index in [1.807, 2.05) is 6.92 Å². The number of hydrogen-bond acceptors (Lipinski definition) is 8. The molecule has 0 saturated carbocycles. The van der Waals surface area contributed by atoms with Crippen LogP contribution in [0.3, 0.4) is 0 Å². The summed E-state index contributed by atoms with van der Waals surface area (Å²) in [4.78, 5) is 38.9. The summed E-state index contributed by atoms with van der Waals surface area (Å²) in [5, 5.41) is 6.06. The van der Waals surface area contributed by atoms with Crippen LogP contribution in [-0.4, -0.2) is 50.0 Å². The van der Waals surface area contributed by atoms with Crippen molar-refractivity contribution in [2.45, 2.75) is 51.7 Å². The molecule has 10 nitrogen and oxygen atoms in total. The lowest BCUT2D eigenvalue weighted by Crippen LogP contribution is -2.38. The van der Waals surface area contributed by atoms with Gasteiger partial charge in [-0.3, -0.25) is 19.0 Å². The molecule has 2 aromatic rings. The molecule has 134 valence electrons. The molecule has 1 aliphatic heterocycles. The highest BCUT2D eigenvalue weighted by Gasteiger charge is 2.49. The predicted octanol–water partition coefficient (Wildman–Crippen LogP) is 0.290. The summed E-state index contributed by atoms with van der Waals surface area (Å²) in [5.41, 5.74) is 0.162. The van der Waals surface area contributed by atoms with E-state index in [1.54, 1.807) is 4.57 Å². The molecular weight excluding hydrogens is 332 g/mol. The maximum Gasteiger partial charge on any atom is 0.303 e. The molecule has 4 unspecified atom stereocenters. The smallest absolute Gasteiger partial charge is 0.303 e. The predicted molar refractivity (Wildman–Crippen MR) is 83.5 cm³/mol. The first-order valence-corrected chi connectivity index (χ1v) is 7.82. The number of imidazole rings is 1. The zero-order chi connectivity index (χ0) is 18.1. The van der Waals surface area contributed by atoms with E-state index in [2.05, 4.69) is 15.2 Å². The van der Waals surface area contributed by atoms with Gasteiger partial charge in [0.25, 0.3) is 5.56 Å². The fraction of sp³-hybridized carbons (Fsp3) is 0.533. The molecule has 1 N–H and O–H groups in total. The minimum atomic E-state index is -0.872. The average molecular weight is 350 g/mol. The maximum absolute atomic E-state index is 11.8. The number of ether oxygens (including phenoxy) is 3. The number of nitrogens with zero attached hydrogens (tertiary/aromatic N) is 3. The zero-order valence-corrected chi connectivity index (χ0v) is 14.0. The van der Waals surface area contributed by atoms with Crippen molar-refractivity contribution in [3.8, 4) is 0 Å². The molecule has 25 heavy (non-hydrogen) atoms. The number of carbonyl (C=O) groups is 2. The normalized spacial score (nSPS) is 25.9. The van der Waals surface area contributed by atoms with Crippen molar-refractivity contribution in [2.75, 3.05) is 0 Å². The van der Waals surface area contributed by atoms with E-state index in [-0.39, 0.29) is 5.52 Å². The Hall–Kier alpha value is -2.75. The molecule has 3 rings (SSSR count). The van der Waals surface area contributed by atoms with Crippen LogP contribution in [-0.2, 0) is 23.8 Å². The molecule has 3 heterocycles. The van der Waals surface area contributed by atoms with E-state index in [0.717, 1.165) is 0 Å². The van der Waals surface area contributed by atoms with Crippen LogP contribution >= 0.6 is 0 Å². The van der Waals surface area contributed by atoms with Crippen LogP contribution in [0.4, 0.5) is 0 Å². The lowest BCUT2D eigenvalue weighted by molar-refractivity contribution is -0.165. The van der Waals surface area contributed by atoms with Gasteiger partial charge in [0.1, 0.15) is 6.10 Å². The van der Waals surface area contributed by atoms with Crippen LogP contribution < -0.4 is 5.56 Å². The van der Waals surface area contributed by atoms with Crippen molar-refractivity contribution in [1.29, 1.82) is 0 Å². The van der Waals surface area contributed by atoms with Crippen LogP contribution in [0.1, 0.15) is 33.4 Å². The van der Waals surface area contributed by atoms with Gasteiger partial charge in [-0.25, -0.2) is 10.1 Å². The van der Waals surface area contributed by atoms with E-state index in [9.17, 15) is 14.4 Å². The molecule has 0 amide bonds. The lowest BCUT2D eigenvalue weighted by atomic mass is 10.1. The summed E-state index contributed by atoms with van der Waals surface area (Å²) < 4.78 is 18.2. The summed E-state index contributed by atoms with van der Waals surface area (Å²) in [6, 6.07) is 0. The Balaban J connectivity index is 2.05. The van der Waals surface area contributed by atoms with E-state index >= 15 is 0 Å². The summed E-state index contributed by atoms with van der Waals surface area (Å²) in [6.07, 6.45) is 0.478. The topological polar surface area (TPSA) is 125 Å². The van der Waals surface area contributed by atoms with Gasteiger partial charge in [0, 0.05) is 13.8 Å². The average Bonchev–Trinajstić information content (AvgIpc) is 3.10. The van der Waals surface area contributed by atoms with Gasteiger partial charge < -0.3 is 14.2 Å². The third-order valence-corrected chi connectivity index (χ3v) is 3.97. The highest BCUT2D eigenvalue weighted by atomic mass is 16.6. The molecule has 0 aliphatic carbocycles. The molecule has 10 heteroatoms. The third-order valence-electron chi connectivity index (χ3n) is 3.97. The Morgan fingerprint density at radius 1 is 1.28 bits per heavy atom. The van der Waals surface area contributed by atoms with E-state index < -0.39 is 42.0 Å². The number of nitrogens with one attached hydrogen (secondary N) is 1. The molecular formula is C15H18N4O6. The van der Waals surface area contributed by atoms with Crippen LogP contribution in [0.15, 0.2) is 17.3 Å². The summed E-state index contributed by atoms with van der Waals surface area (Å²) in [7, 11) is 0. The largest absolute Gasteiger partial charge is 0.456 e. The van der Waals surface area contributed by atoms with Crippen molar-refractivity contribution in [2.24, 2.45) is 0 Å². The first kappa shape index (κ1) is 17.1. The van der Waals surface area contributed by atoms with Gasteiger partial charge >= 0.3 is 11.9 Å². The lowest BCUT2D eigenvalue weighted by Gasteiger charge is -2.23. The monoisotopic (exact) mass is 350 g/mol. The SMILES string of the molecule is CCC1OC(n2cnc3c(=O)[nH]ncc32)C(OC(C)=O)C1OC(C)=O. The van der Waals surface area contributed by atoms with Crippen LogP contribution in [0.5, 0.6) is 0 Å². The van der Waals surface area contributed by atoms with Crippen molar-refractivity contribution in [3.05, 3.63) is 22.9 Å². The molecule has 0 bridgehead atoms. The molecule has 2 aromatic heterocycles. The van der Waals surface area contributed by atoms with Crippen molar-refractivity contribution < 1.29 is 23.8 Å². The van der Waals surface area contributed by atoms with Crippen LogP contribution in [0.2, 0.25) is 0 Å². The number of aromatic amines is 1. The quantitative estimate of drug-likeness (QED) is 0.780. The molecule has 0 aromatic carbocycles. The first-order valence-electron chi connectivity index (χ1n) is 7.82. The summed E-state index contributed by atoms with van der Waals surface area (Å²) in [5.74, 6) is -1.04. The van der Waals surface area contributed by atoms with Crippen molar-refractivity contribution >= 4 is 23.0 Å². The Morgan fingerprint density at radius 3 is 2.60 bits per heavy atom. The van der Waals surface area contributed by atoms with Gasteiger partial charge in [0.2, 0.25) is 0 Å². The summed E-state index contributed by atoms with van der Waals surface area (Å²) in [6.45, 7) is 4.41. The minimum absolute atomic E-state index is 0.184. The van der Waals surface area contributed by atoms with Crippen LogP contribution in [0, 0.1) is 0 Å². The molecule has 0 radical (unpaired) electrons. The van der Waals surface area contributed by atoms with Gasteiger partial charge in [0.05, 0.1) is 18.0 Å². The second-order valence-corrected chi connectivity index (χ2v) is 5.71. The van der Waals surface area contributed by atoms with Gasteiger partial charge in [-0.2, -0.15) is 5.10 Å². The second-order valence-electron chi connectivity index (χ2n) is 5.71. The number of rotatable bonds is 4. The Kier molecular flexibility index (Phi) is 4.53. The minimum Gasteiger partial charge on any atom is -0.456 e. The molecule has 4 atom stereocenters. The second kappa shape index (κ2) is 6.63. The third kappa shape index (κ3) is 3.12. The zero-order valence-electron chi connectivity index (χ0n) is 14.0. The molecule has 1 aliphatic rings. The highest BCUT2D eigenvalue weighted by molar-refractivity contribution is 5.73. The molecule has 0 spiro atoms. The van der Waals surface area contributed by atoms with Crippen molar-refractivity contribution in [1.82, 2.24) is 19.7 Å². The van der Waals surface area contributed by atoms with E-state index in [1.165, 1.54) is 26.4 Å². The van der Waals surface area contributed by atoms with Crippen molar-refractivity contribution in [3.63, 3.8) is 0 Å². The number of esters is 2. The van der Waals surface area contributed by atoms with E-state index in [4.69, 9.17) is 14.2 Å². The van der Waals surface area contributed by atoms with Crippen LogP contribution in [0.25, 0.3) is 11.0 Å². The van der Waals surface area contributed by atoms with E-state index in [0.29, 0.717) is 11.9 Å². The van der Waals surface area contributed by atoms with Gasteiger partial charge in [0.15, 0.2) is 24.0 Å². The number of fused-ring (bicyclic) bond motifs is 1. The van der Waals surface area contributed by atoms with Gasteiger partial charge in [-0.1, -0.05) is 6.92 Å². The number of aromatic nitrogens is 4. The van der Waals surface area contributed by atoms with Gasteiger partial charge in [-0.15, -0.1) is 0 Å². The fourth-order valence-corrected chi connectivity index (χ4v) is 2.99. The fourth-order valence-electron chi connectivity index (χ4n) is 2.99. The molecule has 1 saturated heterocycles. The maximum atomic E-state index is 11.8. The highest BCUT2D eigenvalue weighted by Crippen LogP contribution is 2.36. The standard InChI is InChI=1S/C15H18N4O6/c1-4-10-12(23-7(2)20)13(24-8(3)21)15(25-10)19-6-16-11-9(19)5-17-18-14(11)22/h5-6,10,12-13,15H,4H2,1-3H3,(H,18,22). The summed E-state index contributed by atoms with van der Waals surface area (Å²) >= 11 is 0. The number of hydrogen-bond donors (Lipinski definition) is 1. The molecule has 1 fully saturated rings.